The molecule has 1 atom stereocenters. The molecule has 3 amide bonds. The Balaban J connectivity index is 1.36. The molecule has 3 aliphatic heterocycles. The average molecular weight is 338 g/mol. The fourth-order valence-electron chi connectivity index (χ4n) is 3.44. The van der Waals surface area contributed by atoms with Gasteiger partial charge in [0.2, 0.25) is 17.7 Å². The summed E-state index contributed by atoms with van der Waals surface area (Å²) in [5.74, 6) is 0.184. The van der Waals surface area contributed by atoms with Crippen LogP contribution in [-0.4, -0.2) is 97.5 Å². The van der Waals surface area contributed by atoms with Crippen LogP contribution in [-0.2, 0) is 19.1 Å². The van der Waals surface area contributed by atoms with Crippen LogP contribution in [0.2, 0.25) is 0 Å². The molecule has 0 radical (unpaired) electrons. The standard InChI is InChI=1S/C16H26N4O4/c21-14-2-1-13(17-14)16(23)20-7-5-18(6-8-20)4-3-15(22)19-9-11-24-12-10-19/h13H,1-12H2,(H,17,21)/t13-/m0/s1. The maximum absolute atomic E-state index is 12.3. The number of morpholine rings is 1. The van der Waals surface area contributed by atoms with E-state index in [1.165, 1.54) is 0 Å². The molecule has 3 aliphatic rings. The first kappa shape index (κ1) is 17.2. The van der Waals surface area contributed by atoms with E-state index in [4.69, 9.17) is 4.74 Å². The number of hydrogen-bond acceptors (Lipinski definition) is 5. The van der Waals surface area contributed by atoms with Crippen LogP contribution in [0.15, 0.2) is 0 Å². The molecule has 0 aliphatic carbocycles. The van der Waals surface area contributed by atoms with Gasteiger partial charge in [0.25, 0.3) is 0 Å². The molecule has 0 saturated carbocycles. The second-order valence-corrected chi connectivity index (χ2v) is 6.57. The molecule has 134 valence electrons. The summed E-state index contributed by atoms with van der Waals surface area (Å²) in [5.41, 5.74) is 0. The number of carbonyl (C=O) groups excluding carboxylic acids is 3. The van der Waals surface area contributed by atoms with Crippen molar-refractivity contribution in [1.29, 1.82) is 0 Å². The molecule has 0 bridgehead atoms. The van der Waals surface area contributed by atoms with Gasteiger partial charge < -0.3 is 19.9 Å². The van der Waals surface area contributed by atoms with E-state index < -0.39 is 0 Å². The normalized spacial score (nSPS) is 25.7. The molecule has 8 nitrogen and oxygen atoms in total. The van der Waals surface area contributed by atoms with Crippen molar-refractivity contribution in [2.45, 2.75) is 25.3 Å². The zero-order chi connectivity index (χ0) is 16.9. The topological polar surface area (TPSA) is 82.2 Å². The molecule has 0 aromatic carbocycles. The van der Waals surface area contributed by atoms with Crippen LogP contribution in [0, 0.1) is 0 Å². The molecule has 0 unspecified atom stereocenters. The summed E-state index contributed by atoms with van der Waals surface area (Å²) in [6.07, 6.45) is 1.57. The third kappa shape index (κ3) is 4.24. The number of nitrogens with zero attached hydrogens (tertiary/aromatic N) is 3. The van der Waals surface area contributed by atoms with E-state index in [2.05, 4.69) is 10.2 Å². The Morgan fingerprint density at radius 2 is 1.75 bits per heavy atom. The number of ether oxygens (including phenoxy) is 1. The number of rotatable bonds is 4. The summed E-state index contributed by atoms with van der Waals surface area (Å²) in [4.78, 5) is 41.7. The van der Waals surface area contributed by atoms with Crippen molar-refractivity contribution in [2.24, 2.45) is 0 Å². The van der Waals surface area contributed by atoms with Crippen LogP contribution in [0.5, 0.6) is 0 Å². The van der Waals surface area contributed by atoms with Crippen LogP contribution < -0.4 is 5.32 Å². The Morgan fingerprint density at radius 1 is 1.04 bits per heavy atom. The minimum Gasteiger partial charge on any atom is -0.378 e. The summed E-state index contributed by atoms with van der Waals surface area (Å²) < 4.78 is 5.26. The molecule has 0 aromatic heterocycles. The largest absolute Gasteiger partial charge is 0.378 e. The van der Waals surface area contributed by atoms with Gasteiger partial charge in [-0.05, 0) is 6.42 Å². The van der Waals surface area contributed by atoms with E-state index in [0.717, 1.165) is 19.6 Å². The Bertz CT molecular complexity index is 484. The Morgan fingerprint density at radius 3 is 2.38 bits per heavy atom. The van der Waals surface area contributed by atoms with E-state index in [1.807, 2.05) is 9.80 Å². The van der Waals surface area contributed by atoms with Gasteiger partial charge in [0.05, 0.1) is 13.2 Å². The minimum absolute atomic E-state index is 0.0323. The van der Waals surface area contributed by atoms with E-state index >= 15 is 0 Å². The van der Waals surface area contributed by atoms with Gasteiger partial charge in [-0.25, -0.2) is 0 Å². The van der Waals surface area contributed by atoms with Crippen LogP contribution >= 0.6 is 0 Å². The fraction of sp³-hybridized carbons (Fsp3) is 0.812. The molecule has 8 heteroatoms. The third-order valence-corrected chi connectivity index (χ3v) is 4.98. The molecule has 0 spiro atoms. The monoisotopic (exact) mass is 338 g/mol. The van der Waals surface area contributed by atoms with Gasteiger partial charge >= 0.3 is 0 Å². The summed E-state index contributed by atoms with van der Waals surface area (Å²) in [6, 6.07) is -0.341. The molecule has 24 heavy (non-hydrogen) atoms. The van der Waals surface area contributed by atoms with Gasteiger partial charge in [-0.3, -0.25) is 19.3 Å². The molecular formula is C16H26N4O4. The van der Waals surface area contributed by atoms with E-state index in [1.54, 1.807) is 0 Å². The Labute approximate surface area is 142 Å². The lowest BCUT2D eigenvalue weighted by Crippen LogP contribution is -2.53. The predicted molar refractivity (Wildman–Crippen MR) is 86.2 cm³/mol. The van der Waals surface area contributed by atoms with Gasteiger partial charge in [0.1, 0.15) is 6.04 Å². The van der Waals surface area contributed by atoms with Crippen molar-refractivity contribution in [3.63, 3.8) is 0 Å². The van der Waals surface area contributed by atoms with E-state index in [9.17, 15) is 14.4 Å². The summed E-state index contributed by atoms with van der Waals surface area (Å²) in [6.45, 7) is 6.26. The molecule has 3 fully saturated rings. The molecular weight excluding hydrogens is 312 g/mol. The number of amides is 3. The van der Waals surface area contributed by atoms with Crippen LogP contribution in [0.25, 0.3) is 0 Å². The SMILES string of the molecule is O=C1CC[C@@H](C(=O)N2CCN(CCC(=O)N3CCOCC3)CC2)N1. The average Bonchev–Trinajstić information content (AvgIpc) is 3.06. The molecule has 3 rings (SSSR count). The van der Waals surface area contributed by atoms with E-state index in [-0.39, 0.29) is 23.8 Å². The minimum atomic E-state index is -0.341. The Hall–Kier alpha value is -1.67. The van der Waals surface area contributed by atoms with Crippen molar-refractivity contribution in [1.82, 2.24) is 20.0 Å². The highest BCUT2D eigenvalue weighted by Crippen LogP contribution is 2.12. The molecule has 1 N–H and O–H groups in total. The lowest BCUT2D eigenvalue weighted by atomic mass is 10.2. The van der Waals surface area contributed by atoms with Gasteiger partial charge in [0, 0.05) is 58.7 Å². The van der Waals surface area contributed by atoms with Crippen molar-refractivity contribution in [2.75, 3.05) is 59.0 Å². The first-order chi connectivity index (χ1) is 11.6. The van der Waals surface area contributed by atoms with E-state index in [0.29, 0.717) is 58.7 Å². The van der Waals surface area contributed by atoms with Crippen molar-refractivity contribution in [3.05, 3.63) is 0 Å². The molecule has 3 saturated heterocycles. The molecule has 3 heterocycles. The summed E-state index contributed by atoms with van der Waals surface area (Å²) in [7, 11) is 0. The first-order valence-electron chi connectivity index (χ1n) is 8.79. The zero-order valence-corrected chi connectivity index (χ0v) is 14.0. The van der Waals surface area contributed by atoms with Crippen molar-refractivity contribution < 1.29 is 19.1 Å². The summed E-state index contributed by atoms with van der Waals surface area (Å²) in [5, 5.41) is 2.73. The number of carbonyl (C=O) groups is 3. The van der Waals surface area contributed by atoms with Crippen LogP contribution in [0.1, 0.15) is 19.3 Å². The number of piperazine rings is 1. The lowest BCUT2D eigenvalue weighted by Gasteiger charge is -2.36. The third-order valence-electron chi connectivity index (χ3n) is 4.98. The number of hydrogen-bond donors (Lipinski definition) is 1. The van der Waals surface area contributed by atoms with Gasteiger partial charge in [0.15, 0.2) is 0 Å². The highest BCUT2D eigenvalue weighted by molar-refractivity contribution is 5.90. The van der Waals surface area contributed by atoms with Crippen LogP contribution in [0.4, 0.5) is 0 Å². The smallest absolute Gasteiger partial charge is 0.245 e. The zero-order valence-electron chi connectivity index (χ0n) is 14.0. The maximum Gasteiger partial charge on any atom is 0.245 e. The lowest BCUT2D eigenvalue weighted by molar-refractivity contribution is -0.137. The predicted octanol–water partition coefficient (Wildman–Crippen LogP) is -1.34. The highest BCUT2D eigenvalue weighted by Gasteiger charge is 2.32. The second-order valence-electron chi connectivity index (χ2n) is 6.57. The van der Waals surface area contributed by atoms with Gasteiger partial charge in [-0.1, -0.05) is 0 Å². The number of nitrogens with one attached hydrogen (secondary N) is 1. The molecule has 0 aromatic rings. The van der Waals surface area contributed by atoms with Crippen molar-refractivity contribution >= 4 is 17.7 Å². The quantitative estimate of drug-likeness (QED) is 0.686. The second kappa shape index (κ2) is 7.94. The summed E-state index contributed by atoms with van der Waals surface area (Å²) >= 11 is 0. The maximum atomic E-state index is 12.3. The van der Waals surface area contributed by atoms with Crippen LogP contribution in [0.3, 0.4) is 0 Å². The van der Waals surface area contributed by atoms with Crippen molar-refractivity contribution in [3.8, 4) is 0 Å². The first-order valence-corrected chi connectivity index (χ1v) is 8.79. The van der Waals surface area contributed by atoms with Gasteiger partial charge in [-0.15, -0.1) is 0 Å². The Kier molecular flexibility index (Phi) is 5.68. The van der Waals surface area contributed by atoms with Gasteiger partial charge in [-0.2, -0.15) is 0 Å². The fourth-order valence-corrected chi connectivity index (χ4v) is 3.44. The highest BCUT2D eigenvalue weighted by atomic mass is 16.5.